The van der Waals surface area contributed by atoms with E-state index < -0.39 is 39.3 Å². The molecule has 1 amide bonds. The fourth-order valence-electron chi connectivity index (χ4n) is 2.33. The molecule has 0 saturated heterocycles. The number of ether oxygens (including phenoxy) is 2. The van der Waals surface area contributed by atoms with E-state index in [1.807, 2.05) is 0 Å². The number of alkyl carbamates (subject to hydrolysis) is 1. The quantitative estimate of drug-likeness (QED) is 0.627. The van der Waals surface area contributed by atoms with Crippen molar-refractivity contribution in [3.63, 3.8) is 0 Å². The molecular weight excluding hydrogens is 408 g/mol. The molecular formula is C21H34N2O6S. The van der Waals surface area contributed by atoms with Gasteiger partial charge in [0.25, 0.3) is 0 Å². The van der Waals surface area contributed by atoms with Crippen molar-refractivity contribution in [1.82, 2.24) is 10.0 Å². The molecule has 170 valence electrons. The number of nitrogens with one attached hydrogen (secondary N) is 2. The number of esters is 1. The largest absolute Gasteiger partial charge is 0.459 e. The molecule has 1 aromatic carbocycles. The molecule has 0 aliphatic heterocycles. The summed E-state index contributed by atoms with van der Waals surface area (Å²) in [7, 11) is -3.94. The molecule has 0 bridgehead atoms. The summed E-state index contributed by atoms with van der Waals surface area (Å²) in [5.41, 5.74) is -0.625. The fourth-order valence-corrected chi connectivity index (χ4v) is 3.66. The average Bonchev–Trinajstić information content (AvgIpc) is 2.55. The summed E-state index contributed by atoms with van der Waals surface area (Å²) in [6.45, 7) is 14.1. The number of hydrogen-bond donors (Lipinski definition) is 2. The van der Waals surface area contributed by atoms with Gasteiger partial charge in [0, 0.05) is 6.54 Å². The van der Waals surface area contributed by atoms with E-state index >= 15 is 0 Å². The minimum Gasteiger partial charge on any atom is -0.459 e. The van der Waals surface area contributed by atoms with Crippen molar-refractivity contribution in [2.24, 2.45) is 5.92 Å². The molecule has 1 rings (SSSR count). The van der Waals surface area contributed by atoms with Crippen LogP contribution in [0.3, 0.4) is 0 Å². The first-order valence-electron chi connectivity index (χ1n) is 9.81. The van der Waals surface area contributed by atoms with Gasteiger partial charge < -0.3 is 14.8 Å². The Morgan fingerprint density at radius 1 is 0.933 bits per heavy atom. The van der Waals surface area contributed by atoms with Crippen molar-refractivity contribution < 1.29 is 27.5 Å². The third-order valence-corrected chi connectivity index (χ3v) is 5.14. The zero-order chi connectivity index (χ0) is 23.3. The number of carbonyl (C=O) groups excluding carboxylic acids is 2. The number of benzene rings is 1. The lowest BCUT2D eigenvalue weighted by Gasteiger charge is -2.26. The molecule has 1 atom stereocenters. The van der Waals surface area contributed by atoms with Crippen LogP contribution >= 0.6 is 0 Å². The summed E-state index contributed by atoms with van der Waals surface area (Å²) in [5, 5.41) is 2.61. The highest BCUT2D eigenvalue weighted by Crippen LogP contribution is 2.17. The number of amides is 1. The monoisotopic (exact) mass is 442 g/mol. The van der Waals surface area contributed by atoms with Crippen molar-refractivity contribution in [2.75, 3.05) is 0 Å². The first-order chi connectivity index (χ1) is 13.5. The lowest BCUT2D eigenvalue weighted by molar-refractivity contribution is -0.158. The maximum atomic E-state index is 12.7. The third-order valence-electron chi connectivity index (χ3n) is 3.68. The standard InChI is InChI=1S/C21H34N2O6S/c1-14(2)17(18(24)28-20(3,4)5)23-30(26,27)16-11-9-15(10-12-16)13-22-19(25)29-21(6,7)8/h9-12,14,17,23H,13H2,1-8H3,(H,22,25)/t17-/m0/s1. The molecule has 0 aromatic heterocycles. The smallest absolute Gasteiger partial charge is 0.407 e. The van der Waals surface area contributed by atoms with E-state index in [1.54, 1.807) is 67.5 Å². The van der Waals surface area contributed by atoms with Gasteiger partial charge in [0.1, 0.15) is 17.2 Å². The van der Waals surface area contributed by atoms with Crippen LogP contribution in [0.5, 0.6) is 0 Å². The summed E-state index contributed by atoms with van der Waals surface area (Å²) in [5.74, 6) is -0.925. The minimum absolute atomic E-state index is 0.0118. The van der Waals surface area contributed by atoms with Gasteiger partial charge in [-0.25, -0.2) is 13.2 Å². The Morgan fingerprint density at radius 2 is 1.43 bits per heavy atom. The van der Waals surface area contributed by atoms with Crippen LogP contribution in [0.2, 0.25) is 0 Å². The van der Waals surface area contributed by atoms with Crippen molar-refractivity contribution >= 4 is 22.1 Å². The predicted molar refractivity (Wildman–Crippen MR) is 114 cm³/mol. The van der Waals surface area contributed by atoms with Gasteiger partial charge in [-0.05, 0) is 65.2 Å². The van der Waals surface area contributed by atoms with Crippen molar-refractivity contribution in [3.8, 4) is 0 Å². The van der Waals surface area contributed by atoms with Gasteiger partial charge in [0.05, 0.1) is 4.90 Å². The summed E-state index contributed by atoms with van der Waals surface area (Å²) < 4.78 is 38.4. The van der Waals surface area contributed by atoms with E-state index in [1.165, 1.54) is 12.1 Å². The normalized spacial score (nSPS) is 13.6. The predicted octanol–water partition coefficient (Wildman–Crippen LogP) is 3.36. The zero-order valence-electron chi connectivity index (χ0n) is 19.0. The summed E-state index contributed by atoms with van der Waals surface area (Å²) in [6, 6.07) is 5.00. The van der Waals surface area contributed by atoms with Crippen molar-refractivity contribution in [1.29, 1.82) is 0 Å². The van der Waals surface area contributed by atoms with Crippen LogP contribution in [0.1, 0.15) is 61.0 Å². The second kappa shape index (κ2) is 9.78. The summed E-state index contributed by atoms with van der Waals surface area (Å²) in [6.07, 6.45) is -0.557. The van der Waals surface area contributed by atoms with Crippen LogP contribution in [0.4, 0.5) is 4.79 Å². The molecule has 0 fully saturated rings. The van der Waals surface area contributed by atoms with Crippen molar-refractivity contribution in [3.05, 3.63) is 29.8 Å². The van der Waals surface area contributed by atoms with Gasteiger partial charge >= 0.3 is 12.1 Å². The molecule has 0 saturated carbocycles. The van der Waals surface area contributed by atoms with Crippen molar-refractivity contribution in [2.45, 2.75) is 84.1 Å². The fraction of sp³-hybridized carbons (Fsp3) is 0.619. The van der Waals surface area contributed by atoms with Crippen LogP contribution in [-0.4, -0.2) is 37.7 Å². The van der Waals surface area contributed by atoms with E-state index in [4.69, 9.17) is 9.47 Å². The van der Waals surface area contributed by atoms with Gasteiger partial charge in [-0.3, -0.25) is 4.79 Å². The number of sulfonamides is 1. The van der Waals surface area contributed by atoms with E-state index in [-0.39, 0.29) is 17.4 Å². The SMILES string of the molecule is CC(C)[C@H](NS(=O)(=O)c1ccc(CNC(=O)OC(C)(C)C)cc1)C(=O)OC(C)(C)C. The molecule has 2 N–H and O–H groups in total. The number of hydrogen-bond acceptors (Lipinski definition) is 6. The van der Waals surface area contributed by atoms with Gasteiger partial charge in [0.15, 0.2) is 0 Å². The number of rotatable bonds is 7. The van der Waals surface area contributed by atoms with E-state index in [2.05, 4.69) is 10.0 Å². The van der Waals surface area contributed by atoms with Crippen LogP contribution in [0.25, 0.3) is 0 Å². The van der Waals surface area contributed by atoms with E-state index in [9.17, 15) is 18.0 Å². The highest BCUT2D eigenvalue weighted by molar-refractivity contribution is 7.89. The molecule has 1 aromatic rings. The highest BCUT2D eigenvalue weighted by Gasteiger charge is 2.32. The highest BCUT2D eigenvalue weighted by atomic mass is 32.2. The van der Waals surface area contributed by atoms with Gasteiger partial charge in [-0.1, -0.05) is 26.0 Å². The lowest BCUT2D eigenvalue weighted by Crippen LogP contribution is -2.47. The van der Waals surface area contributed by atoms with Crippen LogP contribution in [-0.2, 0) is 30.8 Å². The first kappa shape index (κ1) is 25.9. The molecule has 0 heterocycles. The Kier molecular flexibility index (Phi) is 8.45. The zero-order valence-corrected chi connectivity index (χ0v) is 19.8. The summed E-state index contributed by atoms with van der Waals surface area (Å²) in [4.78, 5) is 24.1. The third kappa shape index (κ3) is 9.13. The Morgan fingerprint density at radius 3 is 1.87 bits per heavy atom. The first-order valence-corrected chi connectivity index (χ1v) is 11.3. The van der Waals surface area contributed by atoms with Crippen LogP contribution < -0.4 is 10.0 Å². The molecule has 0 spiro atoms. The van der Waals surface area contributed by atoms with Crippen LogP contribution in [0, 0.1) is 5.92 Å². The second-order valence-electron chi connectivity index (χ2n) is 9.38. The maximum absolute atomic E-state index is 12.7. The Labute approximate surface area is 179 Å². The molecule has 0 unspecified atom stereocenters. The molecule has 0 aliphatic rings. The maximum Gasteiger partial charge on any atom is 0.407 e. The van der Waals surface area contributed by atoms with Gasteiger partial charge in [-0.15, -0.1) is 0 Å². The van der Waals surface area contributed by atoms with E-state index in [0.29, 0.717) is 5.56 Å². The van der Waals surface area contributed by atoms with E-state index in [0.717, 1.165) is 0 Å². The summed E-state index contributed by atoms with van der Waals surface area (Å²) >= 11 is 0. The van der Waals surface area contributed by atoms with Crippen LogP contribution in [0.15, 0.2) is 29.2 Å². The molecule has 30 heavy (non-hydrogen) atoms. The lowest BCUT2D eigenvalue weighted by atomic mass is 10.1. The Balaban J connectivity index is 2.84. The topological polar surface area (TPSA) is 111 Å². The molecule has 0 radical (unpaired) electrons. The molecule has 0 aliphatic carbocycles. The molecule has 9 heteroatoms. The number of carbonyl (C=O) groups is 2. The average molecular weight is 443 g/mol. The molecule has 8 nitrogen and oxygen atoms in total. The Bertz CT molecular complexity index is 834. The van der Waals surface area contributed by atoms with Gasteiger partial charge in [-0.2, -0.15) is 4.72 Å². The van der Waals surface area contributed by atoms with Gasteiger partial charge in [0.2, 0.25) is 10.0 Å². The minimum atomic E-state index is -3.94. The second-order valence-corrected chi connectivity index (χ2v) is 11.1. The Hall–Kier alpha value is -2.13.